The van der Waals surface area contributed by atoms with Crippen LogP contribution in [-0.4, -0.2) is 45.8 Å². The van der Waals surface area contributed by atoms with E-state index < -0.39 is 17.8 Å². The van der Waals surface area contributed by atoms with Crippen LogP contribution in [0, 0.1) is 0 Å². The van der Waals surface area contributed by atoms with Crippen molar-refractivity contribution in [1.82, 2.24) is 9.80 Å². The molecule has 0 aliphatic carbocycles. The van der Waals surface area contributed by atoms with E-state index in [2.05, 4.69) is 0 Å². The number of hydrogen-bond acceptors (Lipinski definition) is 5. The Morgan fingerprint density at radius 3 is 2.13 bits per heavy atom. The number of aliphatic hydroxyl groups is 1. The zero-order chi connectivity index (χ0) is 22.4. The van der Waals surface area contributed by atoms with Gasteiger partial charge in [-0.2, -0.15) is 0 Å². The summed E-state index contributed by atoms with van der Waals surface area (Å²) < 4.78 is 10.9. The van der Waals surface area contributed by atoms with Crippen molar-refractivity contribution in [2.24, 2.45) is 0 Å². The lowest BCUT2D eigenvalue weighted by Crippen LogP contribution is -2.38. The van der Waals surface area contributed by atoms with Crippen LogP contribution in [0.2, 0.25) is 0 Å². The molecular weight excluding hydrogens is 396 g/mol. The highest BCUT2D eigenvalue weighted by molar-refractivity contribution is 5.73. The Morgan fingerprint density at radius 2 is 1.55 bits per heavy atom. The smallest absolute Gasteiger partial charge is 0.414 e. The first-order valence-electron chi connectivity index (χ1n) is 10.1. The quantitative estimate of drug-likeness (QED) is 0.743. The first-order valence-corrected chi connectivity index (χ1v) is 10.1. The molecule has 31 heavy (non-hydrogen) atoms. The molecule has 164 valence electrons. The standard InChI is InChI=1S/C24H28N2O5/c1-24(2,3)31-22(28)25-15-20(21(27)16-25)26(14-18-10-6-4-7-11-18)23(29)30-17-19-12-8-5-9-13-19/h4-13,27H,14-17H2,1-3H3. The molecule has 7 heteroatoms. The molecule has 2 aromatic carbocycles. The number of nitrogens with zero attached hydrogens (tertiary/aromatic N) is 2. The molecule has 0 spiro atoms. The number of carbonyl (C=O) groups is 2. The van der Waals surface area contributed by atoms with Crippen LogP contribution in [-0.2, 0) is 22.6 Å². The van der Waals surface area contributed by atoms with E-state index in [0.717, 1.165) is 11.1 Å². The molecule has 2 amide bonds. The van der Waals surface area contributed by atoms with E-state index >= 15 is 0 Å². The normalized spacial score (nSPS) is 13.8. The van der Waals surface area contributed by atoms with Gasteiger partial charge in [0.1, 0.15) is 18.0 Å². The minimum Gasteiger partial charge on any atom is -0.509 e. The summed E-state index contributed by atoms with van der Waals surface area (Å²) in [6, 6.07) is 18.8. The van der Waals surface area contributed by atoms with E-state index in [1.54, 1.807) is 20.8 Å². The van der Waals surface area contributed by atoms with E-state index in [9.17, 15) is 14.7 Å². The molecule has 0 aromatic heterocycles. The average molecular weight is 424 g/mol. The zero-order valence-corrected chi connectivity index (χ0v) is 18.1. The van der Waals surface area contributed by atoms with Crippen molar-refractivity contribution in [1.29, 1.82) is 0 Å². The van der Waals surface area contributed by atoms with E-state index in [-0.39, 0.29) is 32.0 Å². The number of amides is 2. The van der Waals surface area contributed by atoms with Crippen LogP contribution in [0.1, 0.15) is 31.9 Å². The summed E-state index contributed by atoms with van der Waals surface area (Å²) in [5.41, 5.74) is 1.40. The van der Waals surface area contributed by atoms with Gasteiger partial charge in [-0.25, -0.2) is 9.59 Å². The predicted octanol–water partition coefficient (Wildman–Crippen LogP) is 4.85. The highest BCUT2D eigenvalue weighted by Gasteiger charge is 2.34. The predicted molar refractivity (Wildman–Crippen MR) is 116 cm³/mol. The van der Waals surface area contributed by atoms with E-state index in [4.69, 9.17) is 9.47 Å². The molecule has 3 rings (SSSR count). The van der Waals surface area contributed by atoms with Crippen molar-refractivity contribution in [3.05, 3.63) is 83.2 Å². The molecule has 0 unspecified atom stereocenters. The van der Waals surface area contributed by atoms with Crippen molar-refractivity contribution in [3.63, 3.8) is 0 Å². The second-order valence-electron chi connectivity index (χ2n) is 8.34. The Kier molecular flexibility index (Phi) is 6.84. The number of aliphatic hydroxyl groups excluding tert-OH is 1. The van der Waals surface area contributed by atoms with Crippen LogP contribution in [0.25, 0.3) is 0 Å². The van der Waals surface area contributed by atoms with Gasteiger partial charge in [-0.15, -0.1) is 0 Å². The number of rotatable bonds is 5. The fourth-order valence-electron chi connectivity index (χ4n) is 3.13. The topological polar surface area (TPSA) is 79.3 Å². The molecule has 7 nitrogen and oxygen atoms in total. The lowest BCUT2D eigenvalue weighted by atomic mass is 10.2. The third kappa shape index (κ3) is 6.25. The Hall–Kier alpha value is -3.48. The monoisotopic (exact) mass is 424 g/mol. The molecule has 0 fully saturated rings. The zero-order valence-electron chi connectivity index (χ0n) is 18.1. The van der Waals surface area contributed by atoms with Crippen molar-refractivity contribution in [2.75, 3.05) is 13.1 Å². The Bertz CT molecular complexity index is 935. The molecule has 0 atom stereocenters. The van der Waals surface area contributed by atoms with E-state index in [0.29, 0.717) is 5.70 Å². The Labute approximate surface area is 182 Å². The first-order chi connectivity index (χ1) is 14.7. The van der Waals surface area contributed by atoms with Crippen LogP contribution in [0.15, 0.2) is 72.1 Å². The van der Waals surface area contributed by atoms with Crippen LogP contribution in [0.3, 0.4) is 0 Å². The van der Waals surface area contributed by atoms with Gasteiger partial charge < -0.3 is 14.6 Å². The molecule has 2 aromatic rings. The second-order valence-corrected chi connectivity index (χ2v) is 8.34. The average Bonchev–Trinajstić information content (AvgIpc) is 3.12. The van der Waals surface area contributed by atoms with E-state index in [1.807, 2.05) is 60.7 Å². The summed E-state index contributed by atoms with van der Waals surface area (Å²) >= 11 is 0. The van der Waals surface area contributed by atoms with Crippen LogP contribution in [0.5, 0.6) is 0 Å². The van der Waals surface area contributed by atoms with Gasteiger partial charge in [-0.3, -0.25) is 9.80 Å². The highest BCUT2D eigenvalue weighted by atomic mass is 16.6. The molecule has 0 bridgehead atoms. The highest BCUT2D eigenvalue weighted by Crippen LogP contribution is 2.24. The molecule has 1 N–H and O–H groups in total. The Balaban J connectivity index is 1.76. The minimum absolute atomic E-state index is 0.0263. The van der Waals surface area contributed by atoms with Gasteiger partial charge in [0.25, 0.3) is 0 Å². The number of benzene rings is 2. The lowest BCUT2D eigenvalue weighted by Gasteiger charge is -2.26. The molecular formula is C24H28N2O5. The van der Waals surface area contributed by atoms with Gasteiger partial charge in [-0.05, 0) is 31.9 Å². The molecule has 1 aliphatic rings. The van der Waals surface area contributed by atoms with Crippen molar-refractivity contribution in [3.8, 4) is 0 Å². The number of ether oxygens (including phenoxy) is 2. The summed E-state index contributed by atoms with van der Waals surface area (Å²) in [4.78, 5) is 28.2. The van der Waals surface area contributed by atoms with Gasteiger partial charge in [-0.1, -0.05) is 60.7 Å². The summed E-state index contributed by atoms with van der Waals surface area (Å²) in [7, 11) is 0. The molecule has 1 aliphatic heterocycles. The molecule has 1 heterocycles. The van der Waals surface area contributed by atoms with Crippen molar-refractivity contribution >= 4 is 12.2 Å². The molecule has 0 radical (unpaired) electrons. The summed E-state index contributed by atoms with van der Waals surface area (Å²) in [5, 5.41) is 10.6. The summed E-state index contributed by atoms with van der Waals surface area (Å²) in [6.07, 6.45) is -1.15. The first kappa shape index (κ1) is 22.2. The van der Waals surface area contributed by atoms with Crippen LogP contribution < -0.4 is 0 Å². The Morgan fingerprint density at radius 1 is 0.968 bits per heavy atom. The summed E-state index contributed by atoms with van der Waals surface area (Å²) in [5.74, 6) is -0.0570. The van der Waals surface area contributed by atoms with Gasteiger partial charge in [0.2, 0.25) is 0 Å². The van der Waals surface area contributed by atoms with Crippen molar-refractivity contribution < 1.29 is 24.2 Å². The molecule has 0 saturated carbocycles. The maximum absolute atomic E-state index is 13.0. The SMILES string of the molecule is CC(C)(C)OC(=O)N1CC(O)=C(N(Cc2ccccc2)C(=O)OCc2ccccc2)C1. The van der Waals surface area contributed by atoms with Gasteiger partial charge in [0.15, 0.2) is 0 Å². The third-order valence-corrected chi connectivity index (χ3v) is 4.60. The fraction of sp³-hybridized carbons (Fsp3) is 0.333. The lowest BCUT2D eigenvalue weighted by molar-refractivity contribution is 0.0282. The maximum Gasteiger partial charge on any atom is 0.414 e. The summed E-state index contributed by atoms with van der Waals surface area (Å²) in [6.45, 7) is 5.66. The number of hydrogen-bond donors (Lipinski definition) is 1. The maximum atomic E-state index is 13.0. The van der Waals surface area contributed by atoms with E-state index in [1.165, 1.54) is 9.80 Å². The van der Waals surface area contributed by atoms with Crippen LogP contribution in [0.4, 0.5) is 9.59 Å². The molecule has 0 saturated heterocycles. The van der Waals surface area contributed by atoms with Gasteiger partial charge in [0, 0.05) is 0 Å². The minimum atomic E-state index is -0.659. The van der Waals surface area contributed by atoms with Gasteiger partial charge >= 0.3 is 12.2 Å². The third-order valence-electron chi connectivity index (χ3n) is 4.60. The number of carbonyl (C=O) groups excluding carboxylic acids is 2. The van der Waals surface area contributed by atoms with Crippen LogP contribution >= 0.6 is 0 Å². The van der Waals surface area contributed by atoms with Gasteiger partial charge in [0.05, 0.1) is 25.3 Å². The fourth-order valence-corrected chi connectivity index (χ4v) is 3.13. The van der Waals surface area contributed by atoms with Crippen molar-refractivity contribution in [2.45, 2.75) is 39.5 Å². The largest absolute Gasteiger partial charge is 0.509 e. The second kappa shape index (κ2) is 9.55.